The fourth-order valence-corrected chi connectivity index (χ4v) is 8.39. The maximum Gasteiger partial charge on any atom is 0.306 e. The topological polar surface area (TPSA) is 78.9 Å². The molecular formula is C55H106O6. The Morgan fingerprint density at radius 1 is 0.311 bits per heavy atom. The van der Waals surface area contributed by atoms with E-state index in [2.05, 4.69) is 27.7 Å². The van der Waals surface area contributed by atoms with Crippen molar-refractivity contribution in [2.45, 2.75) is 316 Å². The second kappa shape index (κ2) is 49.4. The third kappa shape index (κ3) is 49.3. The average Bonchev–Trinajstić information content (AvgIpc) is 3.24. The van der Waals surface area contributed by atoms with Crippen LogP contribution in [0, 0.1) is 5.92 Å². The number of hydrogen-bond donors (Lipinski definition) is 0. The first-order valence-electron chi connectivity index (χ1n) is 27.4. The monoisotopic (exact) mass is 863 g/mol. The fraction of sp³-hybridized carbons (Fsp3) is 0.945. The highest BCUT2D eigenvalue weighted by molar-refractivity contribution is 5.71. The molecule has 362 valence electrons. The minimum absolute atomic E-state index is 0.0637. The first-order valence-corrected chi connectivity index (χ1v) is 27.4. The van der Waals surface area contributed by atoms with Gasteiger partial charge >= 0.3 is 17.9 Å². The van der Waals surface area contributed by atoms with Gasteiger partial charge in [0.2, 0.25) is 0 Å². The van der Waals surface area contributed by atoms with Gasteiger partial charge in [-0.1, -0.05) is 272 Å². The summed E-state index contributed by atoms with van der Waals surface area (Å²) in [5, 5.41) is 0. The van der Waals surface area contributed by atoms with E-state index in [4.69, 9.17) is 14.2 Å². The van der Waals surface area contributed by atoms with Crippen molar-refractivity contribution in [1.29, 1.82) is 0 Å². The zero-order chi connectivity index (χ0) is 44.5. The van der Waals surface area contributed by atoms with Crippen molar-refractivity contribution in [1.82, 2.24) is 0 Å². The van der Waals surface area contributed by atoms with E-state index in [1.54, 1.807) is 0 Å². The number of hydrogen-bond acceptors (Lipinski definition) is 6. The summed E-state index contributed by atoms with van der Waals surface area (Å²) in [6, 6.07) is 0. The van der Waals surface area contributed by atoms with Crippen molar-refractivity contribution >= 4 is 17.9 Å². The molecule has 6 nitrogen and oxygen atoms in total. The molecule has 0 amide bonds. The van der Waals surface area contributed by atoms with Crippen LogP contribution in [0.2, 0.25) is 0 Å². The van der Waals surface area contributed by atoms with E-state index in [0.717, 1.165) is 63.7 Å². The Labute approximate surface area is 380 Å². The highest BCUT2D eigenvalue weighted by atomic mass is 16.6. The van der Waals surface area contributed by atoms with Crippen LogP contribution in [-0.2, 0) is 28.6 Å². The van der Waals surface area contributed by atoms with Gasteiger partial charge in [0.25, 0.3) is 0 Å². The van der Waals surface area contributed by atoms with Crippen molar-refractivity contribution in [3.05, 3.63) is 0 Å². The summed E-state index contributed by atoms with van der Waals surface area (Å²) >= 11 is 0. The Kier molecular flexibility index (Phi) is 48.1. The lowest BCUT2D eigenvalue weighted by atomic mass is 10.0. The van der Waals surface area contributed by atoms with Gasteiger partial charge in [-0.2, -0.15) is 0 Å². The smallest absolute Gasteiger partial charge is 0.306 e. The standard InChI is InChI=1S/C55H106O6/c1-5-7-9-11-13-15-17-19-21-22-23-24-26-28-30-32-34-39-43-47-54(57)60-50-52(61-55(58)48-44-40-36-35-37-41-45-51(3)4)49-59-53(56)46-42-38-33-31-29-27-25-20-18-16-14-12-10-8-6-2/h51-52H,5-50H2,1-4H3/t52-/m1/s1. The van der Waals surface area contributed by atoms with Crippen molar-refractivity contribution in [3.8, 4) is 0 Å². The molecule has 6 heteroatoms. The SMILES string of the molecule is CCCCCCCCCCCCCCCCCCCCCC(=O)OC[C@@H](COC(=O)CCCCCCCCCCCCCCCCC)OC(=O)CCCCCCCCC(C)C. The van der Waals surface area contributed by atoms with E-state index < -0.39 is 6.10 Å². The molecule has 1 atom stereocenters. The predicted molar refractivity (Wildman–Crippen MR) is 261 cm³/mol. The van der Waals surface area contributed by atoms with Crippen LogP contribution in [0.25, 0.3) is 0 Å². The van der Waals surface area contributed by atoms with Gasteiger partial charge in [0, 0.05) is 19.3 Å². The second-order valence-electron chi connectivity index (χ2n) is 19.3. The molecule has 0 aliphatic heterocycles. The lowest BCUT2D eigenvalue weighted by Crippen LogP contribution is -2.30. The third-order valence-corrected chi connectivity index (χ3v) is 12.5. The lowest BCUT2D eigenvalue weighted by Gasteiger charge is -2.18. The van der Waals surface area contributed by atoms with Gasteiger partial charge in [-0.3, -0.25) is 14.4 Å². The Bertz CT molecular complexity index is 918. The van der Waals surface area contributed by atoms with Crippen LogP contribution in [0.1, 0.15) is 310 Å². The summed E-state index contributed by atoms with van der Waals surface area (Å²) in [5.41, 5.74) is 0. The van der Waals surface area contributed by atoms with Crippen molar-refractivity contribution in [2.75, 3.05) is 13.2 Å². The molecule has 0 N–H and O–H groups in total. The molecule has 0 saturated heterocycles. The molecule has 0 spiro atoms. The maximum absolute atomic E-state index is 12.7. The summed E-state index contributed by atoms with van der Waals surface area (Å²) in [5.74, 6) is -0.0880. The lowest BCUT2D eigenvalue weighted by molar-refractivity contribution is -0.167. The van der Waals surface area contributed by atoms with Crippen LogP contribution in [0.3, 0.4) is 0 Å². The van der Waals surface area contributed by atoms with E-state index >= 15 is 0 Å². The molecule has 61 heavy (non-hydrogen) atoms. The Hall–Kier alpha value is -1.59. The van der Waals surface area contributed by atoms with Gasteiger partial charge in [-0.05, 0) is 25.2 Å². The Morgan fingerprint density at radius 3 is 0.803 bits per heavy atom. The fourth-order valence-electron chi connectivity index (χ4n) is 8.39. The molecule has 0 heterocycles. The average molecular weight is 863 g/mol. The Balaban J connectivity index is 4.19. The van der Waals surface area contributed by atoms with Crippen LogP contribution in [0.15, 0.2) is 0 Å². The van der Waals surface area contributed by atoms with Crippen LogP contribution < -0.4 is 0 Å². The van der Waals surface area contributed by atoms with Crippen LogP contribution in [-0.4, -0.2) is 37.2 Å². The molecule has 0 radical (unpaired) electrons. The Morgan fingerprint density at radius 2 is 0.541 bits per heavy atom. The molecular weight excluding hydrogens is 757 g/mol. The number of ether oxygens (including phenoxy) is 3. The van der Waals surface area contributed by atoms with Crippen LogP contribution >= 0.6 is 0 Å². The largest absolute Gasteiger partial charge is 0.462 e. The van der Waals surface area contributed by atoms with Gasteiger partial charge in [0.15, 0.2) is 6.10 Å². The van der Waals surface area contributed by atoms with Crippen LogP contribution in [0.4, 0.5) is 0 Å². The second-order valence-corrected chi connectivity index (χ2v) is 19.3. The first-order chi connectivity index (χ1) is 29.9. The van der Waals surface area contributed by atoms with Crippen molar-refractivity contribution in [3.63, 3.8) is 0 Å². The minimum Gasteiger partial charge on any atom is -0.462 e. The molecule has 0 aliphatic carbocycles. The van der Waals surface area contributed by atoms with Crippen molar-refractivity contribution in [2.24, 2.45) is 5.92 Å². The zero-order valence-electron chi connectivity index (χ0n) is 41.6. The van der Waals surface area contributed by atoms with Gasteiger partial charge < -0.3 is 14.2 Å². The summed E-state index contributed by atoms with van der Waals surface area (Å²) < 4.78 is 16.8. The van der Waals surface area contributed by atoms with E-state index in [0.29, 0.717) is 19.3 Å². The van der Waals surface area contributed by atoms with E-state index in [1.807, 2.05) is 0 Å². The molecule has 0 aliphatic rings. The maximum atomic E-state index is 12.7. The van der Waals surface area contributed by atoms with Crippen molar-refractivity contribution < 1.29 is 28.6 Å². The van der Waals surface area contributed by atoms with Gasteiger partial charge in [0.05, 0.1) is 0 Å². The van der Waals surface area contributed by atoms with E-state index in [9.17, 15) is 14.4 Å². The highest BCUT2D eigenvalue weighted by Gasteiger charge is 2.19. The quantitative estimate of drug-likeness (QED) is 0.0344. The van der Waals surface area contributed by atoms with Gasteiger partial charge in [-0.25, -0.2) is 0 Å². The van der Waals surface area contributed by atoms with Crippen LogP contribution in [0.5, 0.6) is 0 Å². The number of carbonyl (C=O) groups excluding carboxylic acids is 3. The molecule has 0 fully saturated rings. The summed E-state index contributed by atoms with van der Waals surface area (Å²) in [4.78, 5) is 37.9. The molecule has 0 aromatic carbocycles. The minimum atomic E-state index is -0.761. The van der Waals surface area contributed by atoms with E-state index in [-0.39, 0.29) is 31.1 Å². The highest BCUT2D eigenvalue weighted by Crippen LogP contribution is 2.17. The number of carbonyl (C=O) groups is 3. The number of esters is 3. The predicted octanol–water partition coefficient (Wildman–Crippen LogP) is 17.8. The first kappa shape index (κ1) is 59.4. The number of unbranched alkanes of at least 4 members (excludes halogenated alkanes) is 37. The molecule has 0 aromatic rings. The van der Waals surface area contributed by atoms with Gasteiger partial charge in [-0.15, -0.1) is 0 Å². The van der Waals surface area contributed by atoms with Gasteiger partial charge in [0.1, 0.15) is 13.2 Å². The third-order valence-electron chi connectivity index (χ3n) is 12.5. The summed E-state index contributed by atoms with van der Waals surface area (Å²) in [6.45, 7) is 8.97. The molecule has 0 saturated carbocycles. The normalized spacial score (nSPS) is 12.0. The van der Waals surface area contributed by atoms with E-state index in [1.165, 1.54) is 205 Å². The molecule has 0 unspecified atom stereocenters. The molecule has 0 rings (SSSR count). The number of rotatable bonds is 50. The summed E-state index contributed by atoms with van der Waals surface area (Å²) in [7, 11) is 0. The molecule has 0 aromatic heterocycles. The summed E-state index contributed by atoms with van der Waals surface area (Å²) in [6.07, 6.45) is 52.5. The molecule has 0 bridgehead atoms. The zero-order valence-corrected chi connectivity index (χ0v) is 41.6.